The topological polar surface area (TPSA) is 126 Å². The van der Waals surface area contributed by atoms with Crippen molar-refractivity contribution in [2.24, 2.45) is 0 Å². The summed E-state index contributed by atoms with van der Waals surface area (Å²) >= 11 is 1.31. The van der Waals surface area contributed by atoms with Crippen LogP contribution < -0.4 is 5.32 Å². The van der Waals surface area contributed by atoms with Gasteiger partial charge < -0.3 is 19.6 Å². The van der Waals surface area contributed by atoms with Gasteiger partial charge in [0.1, 0.15) is 29.5 Å². The van der Waals surface area contributed by atoms with Gasteiger partial charge in [0.2, 0.25) is 5.91 Å². The Balaban J connectivity index is 1.69. The van der Waals surface area contributed by atoms with E-state index < -0.39 is 29.3 Å². The van der Waals surface area contributed by atoms with Gasteiger partial charge in [0.15, 0.2) is 0 Å². The first-order valence-electron chi connectivity index (χ1n) is 7.73. The van der Waals surface area contributed by atoms with E-state index in [1.165, 1.54) is 24.9 Å². The van der Waals surface area contributed by atoms with Crippen molar-refractivity contribution in [2.75, 3.05) is 12.4 Å². The molecule has 0 aliphatic carbocycles. The van der Waals surface area contributed by atoms with Crippen LogP contribution in [0.1, 0.15) is 12.7 Å². The van der Waals surface area contributed by atoms with E-state index in [0.717, 1.165) is 4.90 Å². The summed E-state index contributed by atoms with van der Waals surface area (Å²) in [5.74, 6) is -1.94. The van der Waals surface area contributed by atoms with Gasteiger partial charge in [0.25, 0.3) is 5.91 Å². The van der Waals surface area contributed by atoms with Crippen LogP contribution in [0.2, 0.25) is 0 Å². The monoisotopic (exact) mass is 380 g/mol. The molecule has 2 aliphatic rings. The molecule has 3 heterocycles. The molecule has 2 N–H and O–H groups in total. The highest BCUT2D eigenvalue weighted by Gasteiger charge is 2.54. The fraction of sp³-hybridized carbons (Fsp3) is 0.375. The van der Waals surface area contributed by atoms with E-state index in [2.05, 4.69) is 5.32 Å². The number of carboxylic acid groups (broad SMARTS) is 1. The van der Waals surface area contributed by atoms with Crippen molar-refractivity contribution in [3.05, 3.63) is 35.4 Å². The standard InChI is InChI=1S/C16H16N2O7S/c1-8(19)25-6-9-7-26-15-12(14(21)18(15)13(9)16(22)23)17-11(20)5-10-3-2-4-24-10/h2-4,12,15H,5-7H2,1H3,(H,17,20)(H,22,23)/t12-,15+/m0/s1. The number of esters is 1. The van der Waals surface area contributed by atoms with E-state index in [9.17, 15) is 24.3 Å². The second-order valence-corrected chi connectivity index (χ2v) is 6.85. The number of carbonyl (C=O) groups excluding carboxylic acids is 3. The summed E-state index contributed by atoms with van der Waals surface area (Å²) in [4.78, 5) is 48.1. The lowest BCUT2D eigenvalue weighted by molar-refractivity contribution is -0.151. The van der Waals surface area contributed by atoms with Crippen molar-refractivity contribution in [3.63, 3.8) is 0 Å². The Bertz CT molecular complexity index is 787. The van der Waals surface area contributed by atoms with Crippen LogP contribution in [0, 0.1) is 0 Å². The molecule has 26 heavy (non-hydrogen) atoms. The highest BCUT2D eigenvalue weighted by Crippen LogP contribution is 2.40. The van der Waals surface area contributed by atoms with E-state index >= 15 is 0 Å². The van der Waals surface area contributed by atoms with Crippen LogP contribution in [0.25, 0.3) is 0 Å². The Morgan fingerprint density at radius 2 is 2.23 bits per heavy atom. The number of carboxylic acids is 1. The van der Waals surface area contributed by atoms with E-state index in [4.69, 9.17) is 9.15 Å². The van der Waals surface area contributed by atoms with Crippen molar-refractivity contribution in [1.29, 1.82) is 0 Å². The molecule has 1 aromatic rings. The molecule has 9 nitrogen and oxygen atoms in total. The van der Waals surface area contributed by atoms with Gasteiger partial charge in [-0.15, -0.1) is 11.8 Å². The second kappa shape index (κ2) is 7.24. The SMILES string of the molecule is CC(=O)OCC1=C(C(=O)O)N2C(=O)[C@H](NC(=O)Cc3ccco3)[C@H]2SC1. The summed E-state index contributed by atoms with van der Waals surface area (Å²) in [6.07, 6.45) is 1.44. The van der Waals surface area contributed by atoms with Crippen LogP contribution in [0.15, 0.2) is 34.1 Å². The number of carbonyl (C=O) groups is 4. The Hall–Kier alpha value is -2.75. The summed E-state index contributed by atoms with van der Waals surface area (Å²) < 4.78 is 9.95. The molecule has 0 bridgehead atoms. The quantitative estimate of drug-likeness (QED) is 0.527. The zero-order chi connectivity index (χ0) is 18.8. The van der Waals surface area contributed by atoms with Crippen molar-refractivity contribution in [2.45, 2.75) is 24.8 Å². The maximum Gasteiger partial charge on any atom is 0.352 e. The molecule has 3 rings (SSSR count). The molecular weight excluding hydrogens is 364 g/mol. The van der Waals surface area contributed by atoms with E-state index in [0.29, 0.717) is 11.3 Å². The molecule has 1 aromatic heterocycles. The molecule has 10 heteroatoms. The maximum absolute atomic E-state index is 12.4. The minimum absolute atomic E-state index is 0.00645. The summed E-state index contributed by atoms with van der Waals surface area (Å²) in [6, 6.07) is 2.51. The number of hydrogen-bond donors (Lipinski definition) is 2. The average Bonchev–Trinajstić information content (AvgIpc) is 3.09. The van der Waals surface area contributed by atoms with Crippen LogP contribution in [0.5, 0.6) is 0 Å². The van der Waals surface area contributed by atoms with Gasteiger partial charge in [-0.05, 0) is 12.1 Å². The van der Waals surface area contributed by atoms with Gasteiger partial charge in [0, 0.05) is 18.2 Å². The number of hydrogen-bond acceptors (Lipinski definition) is 7. The minimum atomic E-state index is -1.27. The molecule has 1 saturated heterocycles. The molecule has 0 unspecified atom stereocenters. The van der Waals surface area contributed by atoms with E-state index in [1.807, 2.05) is 0 Å². The van der Waals surface area contributed by atoms with Gasteiger partial charge in [-0.2, -0.15) is 0 Å². The summed E-state index contributed by atoms with van der Waals surface area (Å²) in [7, 11) is 0. The smallest absolute Gasteiger partial charge is 0.352 e. The maximum atomic E-state index is 12.4. The molecule has 1 fully saturated rings. The van der Waals surface area contributed by atoms with Crippen LogP contribution in [-0.2, 0) is 30.3 Å². The fourth-order valence-corrected chi connectivity index (χ4v) is 4.11. The number of thioether (sulfide) groups is 1. The molecule has 2 aliphatic heterocycles. The normalized spacial score (nSPS) is 21.7. The average molecular weight is 380 g/mol. The lowest BCUT2D eigenvalue weighted by atomic mass is 10.0. The third-order valence-electron chi connectivity index (χ3n) is 3.93. The predicted octanol–water partition coefficient (Wildman–Crippen LogP) is 0.124. The highest BCUT2D eigenvalue weighted by atomic mass is 32.2. The lowest BCUT2D eigenvalue weighted by Crippen LogP contribution is -2.70. The number of nitrogens with one attached hydrogen (secondary N) is 1. The number of furan rings is 1. The van der Waals surface area contributed by atoms with Crippen LogP contribution in [-0.4, -0.2) is 57.5 Å². The molecular formula is C16H16N2O7S. The van der Waals surface area contributed by atoms with Gasteiger partial charge in [-0.1, -0.05) is 0 Å². The lowest BCUT2D eigenvalue weighted by Gasteiger charge is -2.49. The zero-order valence-electron chi connectivity index (χ0n) is 13.8. The number of nitrogens with zero attached hydrogens (tertiary/aromatic N) is 1. The fourth-order valence-electron chi connectivity index (χ4n) is 2.78. The van der Waals surface area contributed by atoms with Crippen molar-refractivity contribution >= 4 is 35.5 Å². The third kappa shape index (κ3) is 3.45. The van der Waals surface area contributed by atoms with Crippen LogP contribution in [0.3, 0.4) is 0 Å². The van der Waals surface area contributed by atoms with Gasteiger partial charge >= 0.3 is 11.9 Å². The zero-order valence-corrected chi connectivity index (χ0v) is 14.6. The Kier molecular flexibility index (Phi) is 5.03. The molecule has 138 valence electrons. The first-order valence-corrected chi connectivity index (χ1v) is 8.78. The van der Waals surface area contributed by atoms with Crippen molar-refractivity contribution in [3.8, 4) is 0 Å². The molecule has 2 amide bonds. The predicted molar refractivity (Wildman–Crippen MR) is 88.7 cm³/mol. The van der Waals surface area contributed by atoms with Gasteiger partial charge in [-0.25, -0.2) is 4.79 Å². The van der Waals surface area contributed by atoms with Crippen LogP contribution >= 0.6 is 11.8 Å². The number of ether oxygens (including phenoxy) is 1. The van der Waals surface area contributed by atoms with E-state index in [-0.39, 0.29) is 30.4 Å². The molecule has 0 radical (unpaired) electrons. The molecule has 0 spiro atoms. The molecule has 0 aromatic carbocycles. The largest absolute Gasteiger partial charge is 0.477 e. The van der Waals surface area contributed by atoms with Crippen molar-refractivity contribution < 1.29 is 33.4 Å². The number of rotatable bonds is 6. The molecule has 0 saturated carbocycles. The van der Waals surface area contributed by atoms with E-state index in [1.54, 1.807) is 12.1 Å². The minimum Gasteiger partial charge on any atom is -0.477 e. The van der Waals surface area contributed by atoms with Gasteiger partial charge in [-0.3, -0.25) is 19.3 Å². The Morgan fingerprint density at radius 1 is 1.46 bits per heavy atom. The first-order chi connectivity index (χ1) is 12.4. The molecule has 2 atom stereocenters. The number of aliphatic carboxylic acids is 1. The summed E-state index contributed by atoms with van der Waals surface area (Å²) in [5, 5.41) is 11.6. The highest BCUT2D eigenvalue weighted by molar-refractivity contribution is 8.00. The second-order valence-electron chi connectivity index (χ2n) is 5.75. The number of amides is 2. The Morgan fingerprint density at radius 3 is 2.85 bits per heavy atom. The van der Waals surface area contributed by atoms with Crippen molar-refractivity contribution in [1.82, 2.24) is 10.2 Å². The number of fused-ring (bicyclic) bond motifs is 1. The summed E-state index contributed by atoms with van der Waals surface area (Å²) in [5.41, 5.74) is 0.166. The van der Waals surface area contributed by atoms with Gasteiger partial charge in [0.05, 0.1) is 12.7 Å². The number of β-lactam (4-membered cyclic amide) rings is 1. The summed E-state index contributed by atoms with van der Waals surface area (Å²) in [6.45, 7) is 1.04. The van der Waals surface area contributed by atoms with Crippen LogP contribution in [0.4, 0.5) is 0 Å². The third-order valence-corrected chi connectivity index (χ3v) is 5.27. The first kappa shape index (κ1) is 18.1. The Labute approximate surface area is 152 Å².